The zero-order valence-corrected chi connectivity index (χ0v) is 23.3. The summed E-state index contributed by atoms with van der Waals surface area (Å²) in [4.78, 5) is 26.5. The van der Waals surface area contributed by atoms with E-state index in [0.29, 0.717) is 22.6 Å². The summed E-state index contributed by atoms with van der Waals surface area (Å²) >= 11 is 0. The van der Waals surface area contributed by atoms with Crippen molar-refractivity contribution in [1.29, 1.82) is 0 Å². The van der Waals surface area contributed by atoms with Gasteiger partial charge in [0.15, 0.2) is 11.5 Å². The number of carbonyl (C=O) groups is 2. The summed E-state index contributed by atoms with van der Waals surface area (Å²) in [5.41, 5.74) is 3.38. The molecule has 0 saturated heterocycles. The number of esters is 2. The summed E-state index contributed by atoms with van der Waals surface area (Å²) in [5, 5.41) is 0. The number of hydrogen-bond acceptors (Lipinski definition) is 4. The second kappa shape index (κ2) is 11.8. The molecule has 37 heavy (non-hydrogen) atoms. The number of benzene rings is 3. The minimum Gasteiger partial charge on any atom is -0.419 e. The van der Waals surface area contributed by atoms with Crippen LogP contribution in [0.3, 0.4) is 0 Å². The quantitative estimate of drug-likeness (QED) is 0.218. The van der Waals surface area contributed by atoms with Gasteiger partial charge in [0, 0.05) is 5.56 Å². The first kappa shape index (κ1) is 28.2. The van der Waals surface area contributed by atoms with Crippen LogP contribution in [0.4, 0.5) is 0 Å². The molecule has 3 aromatic carbocycles. The van der Waals surface area contributed by atoms with Crippen molar-refractivity contribution in [3.63, 3.8) is 0 Å². The molecule has 4 heteroatoms. The van der Waals surface area contributed by atoms with E-state index in [1.807, 2.05) is 19.1 Å². The average Bonchev–Trinajstić information content (AvgIpc) is 2.84. The van der Waals surface area contributed by atoms with Crippen LogP contribution in [0.25, 0.3) is 0 Å². The monoisotopic (exact) mass is 500 g/mol. The SMILES string of the molecule is CCCCc1cc(C)c(OC(=O)c2ccccc2)c(OC(=O)c2ccccc2)c1C(C)(C)CC(C)(C)C. The van der Waals surface area contributed by atoms with Crippen LogP contribution in [0.1, 0.15) is 98.2 Å². The lowest BCUT2D eigenvalue weighted by Gasteiger charge is -2.36. The van der Waals surface area contributed by atoms with Crippen LogP contribution < -0.4 is 9.47 Å². The predicted octanol–water partition coefficient (Wildman–Crippen LogP) is 8.49. The summed E-state index contributed by atoms with van der Waals surface area (Å²) < 4.78 is 12.2. The van der Waals surface area contributed by atoms with E-state index in [1.54, 1.807) is 48.5 Å². The number of unbranched alkanes of at least 4 members (excludes halogenated alkanes) is 1. The molecule has 0 saturated carbocycles. The molecule has 0 fully saturated rings. The van der Waals surface area contributed by atoms with Crippen molar-refractivity contribution in [2.75, 3.05) is 0 Å². The van der Waals surface area contributed by atoms with Gasteiger partial charge in [-0.25, -0.2) is 9.59 Å². The summed E-state index contributed by atoms with van der Waals surface area (Å²) in [5.74, 6) is -0.312. The van der Waals surface area contributed by atoms with Gasteiger partial charge in [-0.15, -0.1) is 0 Å². The van der Waals surface area contributed by atoms with E-state index < -0.39 is 11.9 Å². The van der Waals surface area contributed by atoms with Gasteiger partial charge in [-0.1, -0.05) is 90.4 Å². The van der Waals surface area contributed by atoms with Gasteiger partial charge in [0.05, 0.1) is 11.1 Å². The molecule has 196 valence electrons. The van der Waals surface area contributed by atoms with E-state index in [4.69, 9.17) is 9.47 Å². The molecule has 0 aliphatic heterocycles. The predicted molar refractivity (Wildman–Crippen MR) is 150 cm³/mol. The highest BCUT2D eigenvalue weighted by atomic mass is 16.6. The number of hydrogen-bond donors (Lipinski definition) is 0. The van der Waals surface area contributed by atoms with E-state index in [1.165, 1.54) is 0 Å². The molecule has 0 bridgehead atoms. The lowest BCUT2D eigenvalue weighted by molar-refractivity contribution is 0.0677. The first-order valence-corrected chi connectivity index (χ1v) is 13.1. The fourth-order valence-electron chi connectivity index (χ4n) is 5.23. The number of rotatable bonds is 9. The van der Waals surface area contributed by atoms with Crippen LogP contribution in [0.15, 0.2) is 66.7 Å². The molecule has 0 aromatic heterocycles. The van der Waals surface area contributed by atoms with Gasteiger partial charge >= 0.3 is 11.9 Å². The van der Waals surface area contributed by atoms with Crippen LogP contribution >= 0.6 is 0 Å². The molecule has 3 aromatic rings. The molecule has 3 rings (SSSR count). The van der Waals surface area contributed by atoms with E-state index in [0.717, 1.165) is 42.4 Å². The summed E-state index contributed by atoms with van der Waals surface area (Å²) in [6, 6.07) is 19.9. The highest BCUT2D eigenvalue weighted by Crippen LogP contribution is 2.48. The van der Waals surface area contributed by atoms with Gasteiger partial charge in [-0.2, -0.15) is 0 Å². The topological polar surface area (TPSA) is 52.6 Å². The summed E-state index contributed by atoms with van der Waals surface area (Å²) in [7, 11) is 0. The van der Waals surface area contributed by atoms with Gasteiger partial charge in [0.25, 0.3) is 0 Å². The molecule has 0 unspecified atom stereocenters. The second-order valence-electron chi connectivity index (χ2n) is 11.6. The normalized spacial score (nSPS) is 11.8. The van der Waals surface area contributed by atoms with E-state index in [2.05, 4.69) is 47.6 Å². The first-order chi connectivity index (χ1) is 17.4. The Morgan fingerprint density at radius 3 is 1.70 bits per heavy atom. The molecule has 4 nitrogen and oxygen atoms in total. The fourth-order valence-corrected chi connectivity index (χ4v) is 5.23. The van der Waals surface area contributed by atoms with Crippen LogP contribution in [0.5, 0.6) is 11.5 Å². The Kier molecular flexibility index (Phi) is 8.96. The van der Waals surface area contributed by atoms with Crippen LogP contribution in [-0.2, 0) is 11.8 Å². The van der Waals surface area contributed by atoms with Gasteiger partial charge in [-0.05, 0) is 72.4 Å². The van der Waals surface area contributed by atoms with Crippen molar-refractivity contribution < 1.29 is 19.1 Å². The van der Waals surface area contributed by atoms with Crippen molar-refractivity contribution in [3.05, 3.63) is 94.5 Å². The fraction of sp³-hybridized carbons (Fsp3) is 0.394. The Bertz CT molecular complexity index is 1220. The molecule has 0 aliphatic rings. The first-order valence-electron chi connectivity index (χ1n) is 13.1. The molecule has 0 spiro atoms. The van der Waals surface area contributed by atoms with Crippen molar-refractivity contribution in [3.8, 4) is 11.5 Å². The van der Waals surface area contributed by atoms with E-state index >= 15 is 0 Å². The number of ether oxygens (including phenoxy) is 2. The molecule has 0 aliphatic carbocycles. The van der Waals surface area contributed by atoms with Crippen molar-refractivity contribution in [2.24, 2.45) is 5.41 Å². The maximum absolute atomic E-state index is 13.4. The highest BCUT2D eigenvalue weighted by Gasteiger charge is 2.36. The Labute approximate surface area is 222 Å². The van der Waals surface area contributed by atoms with Gasteiger partial charge in [0.2, 0.25) is 0 Å². The smallest absolute Gasteiger partial charge is 0.343 e. The summed E-state index contributed by atoms with van der Waals surface area (Å²) in [6.07, 6.45) is 3.75. The number of carbonyl (C=O) groups excluding carboxylic acids is 2. The Morgan fingerprint density at radius 1 is 0.757 bits per heavy atom. The molecule has 0 N–H and O–H groups in total. The average molecular weight is 501 g/mol. The molecular formula is C33H40O4. The number of aryl methyl sites for hydroxylation is 2. The maximum Gasteiger partial charge on any atom is 0.343 e. The largest absolute Gasteiger partial charge is 0.419 e. The van der Waals surface area contributed by atoms with Crippen LogP contribution in [0.2, 0.25) is 0 Å². The lowest BCUT2D eigenvalue weighted by Crippen LogP contribution is -2.28. The zero-order valence-electron chi connectivity index (χ0n) is 23.3. The van der Waals surface area contributed by atoms with Gasteiger partial charge in [0.1, 0.15) is 0 Å². The standard InChI is InChI=1S/C33H40O4/c1-8-9-16-26-21-23(2)28(36-30(34)24-17-12-10-13-18-24)29(27(26)33(6,7)22-32(3,4)5)37-31(35)25-19-14-11-15-20-25/h10-15,17-21H,8-9,16,22H2,1-7H3. The molecule has 0 heterocycles. The Hall–Kier alpha value is -3.40. The van der Waals surface area contributed by atoms with E-state index in [9.17, 15) is 9.59 Å². The molecule has 0 amide bonds. The lowest BCUT2D eigenvalue weighted by atomic mass is 9.70. The minimum atomic E-state index is -0.485. The summed E-state index contributed by atoms with van der Waals surface area (Å²) in [6.45, 7) is 15.1. The minimum absolute atomic E-state index is 0.0258. The van der Waals surface area contributed by atoms with Crippen molar-refractivity contribution >= 4 is 11.9 Å². The van der Waals surface area contributed by atoms with E-state index in [-0.39, 0.29) is 10.8 Å². The third-order valence-electron chi connectivity index (χ3n) is 6.36. The van der Waals surface area contributed by atoms with Gasteiger partial charge in [-0.3, -0.25) is 0 Å². The third kappa shape index (κ3) is 7.31. The Morgan fingerprint density at radius 2 is 1.24 bits per heavy atom. The van der Waals surface area contributed by atoms with Crippen LogP contribution in [0, 0.1) is 12.3 Å². The molecule has 0 radical (unpaired) electrons. The van der Waals surface area contributed by atoms with Crippen molar-refractivity contribution in [2.45, 2.75) is 79.6 Å². The highest BCUT2D eigenvalue weighted by molar-refractivity contribution is 5.94. The van der Waals surface area contributed by atoms with Crippen molar-refractivity contribution in [1.82, 2.24) is 0 Å². The Balaban J connectivity index is 2.24. The maximum atomic E-state index is 13.4. The van der Waals surface area contributed by atoms with Gasteiger partial charge < -0.3 is 9.47 Å². The second-order valence-corrected chi connectivity index (χ2v) is 11.6. The zero-order chi connectivity index (χ0) is 27.2. The third-order valence-corrected chi connectivity index (χ3v) is 6.36. The van der Waals surface area contributed by atoms with Crippen LogP contribution in [-0.4, -0.2) is 11.9 Å². The molecule has 0 atom stereocenters. The molecular weight excluding hydrogens is 460 g/mol.